The minimum atomic E-state index is -0.985. The third kappa shape index (κ3) is 6.94. The Hall–Kier alpha value is -3.28. The smallest absolute Gasteiger partial charge is 0.259 e. The molecule has 2 unspecified atom stereocenters. The van der Waals surface area contributed by atoms with Gasteiger partial charge in [0.1, 0.15) is 11.4 Å². The van der Waals surface area contributed by atoms with Crippen molar-refractivity contribution in [3.05, 3.63) is 93.1 Å². The predicted molar refractivity (Wildman–Crippen MR) is 152 cm³/mol. The molecule has 0 aliphatic heterocycles. The Morgan fingerprint density at radius 1 is 1.00 bits per heavy atom. The number of hydrogen-bond acceptors (Lipinski definition) is 5. The summed E-state index contributed by atoms with van der Waals surface area (Å²) in [6.07, 6.45) is 6.03. The molecule has 0 bridgehead atoms. The molecule has 0 saturated carbocycles. The van der Waals surface area contributed by atoms with E-state index in [1.807, 2.05) is 37.3 Å². The number of benzene rings is 2. The molecule has 0 radical (unpaired) electrons. The van der Waals surface area contributed by atoms with Gasteiger partial charge in [-0.2, -0.15) is 10.2 Å². The number of nitrogens with zero attached hydrogens (tertiary/aromatic N) is 3. The summed E-state index contributed by atoms with van der Waals surface area (Å²) in [4.78, 5) is 11.3. The maximum absolute atomic E-state index is 11.6. The standard InChI is InChI=1S/C30H39N3O3.CH4/c1-20-14-15-24(26(16-20)33(35)36)31-32-25-18-22(29(5,6)19-28(2,3)4)17-23(27(25)34)30(7,8)21-12-10-9-11-13-21;/h9-18,24,26,34H,19H2,1-8H3;1H4. The Labute approximate surface area is 222 Å². The van der Waals surface area contributed by atoms with E-state index in [1.54, 1.807) is 12.2 Å². The SMILES string of the molecule is C.CC1=CC([N+](=O)[O-])C(N=Nc2cc(C(C)(C)CC(C)(C)C)cc(C(C)(C)c3ccccc3)c2O)C=C1. The van der Waals surface area contributed by atoms with Crippen molar-refractivity contribution < 1.29 is 10.0 Å². The monoisotopic (exact) mass is 505 g/mol. The lowest BCUT2D eigenvalue weighted by Gasteiger charge is -2.35. The fraction of sp³-hybridized carbons (Fsp3) is 0.484. The fourth-order valence-electron chi connectivity index (χ4n) is 5.21. The van der Waals surface area contributed by atoms with E-state index < -0.39 is 17.5 Å². The van der Waals surface area contributed by atoms with Crippen LogP contribution in [0, 0.1) is 15.5 Å². The van der Waals surface area contributed by atoms with E-state index in [-0.39, 0.29) is 28.9 Å². The minimum Gasteiger partial charge on any atom is -0.505 e. The molecule has 3 rings (SSSR count). The first-order valence-corrected chi connectivity index (χ1v) is 12.5. The molecule has 2 aromatic carbocycles. The summed E-state index contributed by atoms with van der Waals surface area (Å²) in [5, 5.41) is 31.8. The Morgan fingerprint density at radius 2 is 1.62 bits per heavy atom. The summed E-state index contributed by atoms with van der Waals surface area (Å²) in [5.74, 6) is 0.0482. The highest BCUT2D eigenvalue weighted by Crippen LogP contribution is 2.46. The highest BCUT2D eigenvalue weighted by atomic mass is 16.6. The van der Waals surface area contributed by atoms with Gasteiger partial charge in [-0.3, -0.25) is 10.1 Å². The first-order chi connectivity index (χ1) is 16.6. The average Bonchev–Trinajstić information content (AvgIpc) is 2.77. The maximum Gasteiger partial charge on any atom is 0.259 e. The molecule has 0 aromatic heterocycles. The summed E-state index contributed by atoms with van der Waals surface area (Å²) < 4.78 is 0. The first-order valence-electron chi connectivity index (χ1n) is 12.5. The molecule has 1 N–H and O–H groups in total. The van der Waals surface area contributed by atoms with Crippen LogP contribution in [0.1, 0.15) is 85.9 Å². The summed E-state index contributed by atoms with van der Waals surface area (Å²) in [5.41, 5.74) is 3.40. The lowest BCUT2D eigenvalue weighted by molar-refractivity contribution is -0.510. The van der Waals surface area contributed by atoms with Crippen LogP contribution in [0.25, 0.3) is 0 Å². The third-order valence-electron chi connectivity index (χ3n) is 6.89. The summed E-state index contributed by atoms with van der Waals surface area (Å²) in [7, 11) is 0. The van der Waals surface area contributed by atoms with Crippen molar-refractivity contribution in [3.63, 3.8) is 0 Å². The average molecular weight is 506 g/mol. The van der Waals surface area contributed by atoms with Crippen LogP contribution in [-0.4, -0.2) is 22.1 Å². The van der Waals surface area contributed by atoms with Crippen molar-refractivity contribution in [3.8, 4) is 5.75 Å². The van der Waals surface area contributed by atoms with Crippen LogP contribution in [-0.2, 0) is 10.8 Å². The highest BCUT2D eigenvalue weighted by molar-refractivity contribution is 5.62. The second-order valence-corrected chi connectivity index (χ2v) is 12.3. The van der Waals surface area contributed by atoms with Crippen LogP contribution in [0.15, 0.2) is 76.5 Å². The second kappa shape index (κ2) is 11.0. The molecule has 37 heavy (non-hydrogen) atoms. The van der Waals surface area contributed by atoms with E-state index in [9.17, 15) is 15.2 Å². The first kappa shape index (κ1) is 29.9. The molecule has 0 heterocycles. The zero-order valence-electron chi connectivity index (χ0n) is 22.7. The fourth-order valence-corrected chi connectivity index (χ4v) is 5.21. The molecule has 0 spiro atoms. The number of aromatic hydroxyl groups is 1. The predicted octanol–water partition coefficient (Wildman–Crippen LogP) is 8.68. The molecule has 0 amide bonds. The lowest BCUT2D eigenvalue weighted by atomic mass is 9.70. The lowest BCUT2D eigenvalue weighted by Crippen LogP contribution is -2.30. The van der Waals surface area contributed by atoms with Crippen LogP contribution >= 0.6 is 0 Å². The van der Waals surface area contributed by atoms with Gasteiger partial charge in [-0.15, -0.1) is 0 Å². The molecular weight excluding hydrogens is 462 g/mol. The van der Waals surface area contributed by atoms with Crippen molar-refractivity contribution >= 4 is 5.69 Å². The topological polar surface area (TPSA) is 88.1 Å². The van der Waals surface area contributed by atoms with Crippen LogP contribution in [0.5, 0.6) is 5.75 Å². The molecule has 0 fully saturated rings. The van der Waals surface area contributed by atoms with E-state index in [1.165, 1.54) is 0 Å². The maximum atomic E-state index is 11.6. The molecule has 6 nitrogen and oxygen atoms in total. The van der Waals surface area contributed by atoms with Gasteiger partial charge in [-0.25, -0.2) is 0 Å². The van der Waals surface area contributed by atoms with Crippen molar-refractivity contribution in [1.82, 2.24) is 0 Å². The zero-order valence-corrected chi connectivity index (χ0v) is 22.7. The highest BCUT2D eigenvalue weighted by Gasteiger charge is 2.34. The molecular formula is C31H43N3O3. The summed E-state index contributed by atoms with van der Waals surface area (Å²) in [6.45, 7) is 17.0. The van der Waals surface area contributed by atoms with Crippen LogP contribution in [0.4, 0.5) is 5.69 Å². The zero-order chi connectivity index (χ0) is 26.9. The molecule has 6 heteroatoms. The Morgan fingerprint density at radius 3 is 2.19 bits per heavy atom. The Kier molecular flexibility index (Phi) is 8.90. The largest absolute Gasteiger partial charge is 0.505 e. The summed E-state index contributed by atoms with van der Waals surface area (Å²) >= 11 is 0. The van der Waals surface area contributed by atoms with E-state index in [4.69, 9.17) is 0 Å². The van der Waals surface area contributed by atoms with Crippen LogP contribution in [0.3, 0.4) is 0 Å². The number of rotatable bonds is 7. The number of phenols is 1. The number of phenolic OH excluding ortho intramolecular Hbond substituents is 1. The van der Waals surface area contributed by atoms with Crippen molar-refractivity contribution in [2.45, 2.75) is 92.2 Å². The van der Waals surface area contributed by atoms with Gasteiger partial charge in [0.15, 0.2) is 6.04 Å². The van der Waals surface area contributed by atoms with Gasteiger partial charge in [-0.05, 0) is 53.0 Å². The van der Waals surface area contributed by atoms with Crippen molar-refractivity contribution in [2.24, 2.45) is 15.6 Å². The molecule has 0 saturated heterocycles. The number of nitro groups is 1. The molecule has 1 aliphatic carbocycles. The van der Waals surface area contributed by atoms with Gasteiger partial charge in [0.2, 0.25) is 0 Å². The number of azo groups is 1. The van der Waals surface area contributed by atoms with Gasteiger partial charge < -0.3 is 5.11 Å². The van der Waals surface area contributed by atoms with Gasteiger partial charge in [0.05, 0.1) is 0 Å². The van der Waals surface area contributed by atoms with E-state index in [2.05, 4.69) is 76.9 Å². The van der Waals surface area contributed by atoms with E-state index >= 15 is 0 Å². The molecule has 2 atom stereocenters. The number of allylic oxidation sites excluding steroid dienone is 2. The number of hydrogen-bond donors (Lipinski definition) is 1. The Balaban J connectivity index is 0.00000481. The van der Waals surface area contributed by atoms with Gasteiger partial charge in [-0.1, -0.05) is 104 Å². The summed E-state index contributed by atoms with van der Waals surface area (Å²) in [6, 6.07) is 12.3. The van der Waals surface area contributed by atoms with Crippen molar-refractivity contribution in [2.75, 3.05) is 0 Å². The van der Waals surface area contributed by atoms with E-state index in [0.29, 0.717) is 5.69 Å². The van der Waals surface area contributed by atoms with Crippen LogP contribution in [0.2, 0.25) is 0 Å². The molecule has 1 aliphatic rings. The van der Waals surface area contributed by atoms with Gasteiger partial charge in [0.25, 0.3) is 6.04 Å². The van der Waals surface area contributed by atoms with Gasteiger partial charge >= 0.3 is 0 Å². The molecule has 2 aromatic rings. The minimum absolute atomic E-state index is 0. The molecule has 200 valence electrons. The quantitative estimate of drug-likeness (QED) is 0.232. The second-order valence-electron chi connectivity index (χ2n) is 12.3. The van der Waals surface area contributed by atoms with Crippen LogP contribution < -0.4 is 0 Å². The van der Waals surface area contributed by atoms with Crippen molar-refractivity contribution in [1.29, 1.82) is 0 Å². The Bertz CT molecular complexity index is 1200. The normalized spacial score (nSPS) is 18.4. The third-order valence-corrected chi connectivity index (χ3v) is 6.89. The van der Waals surface area contributed by atoms with Gasteiger partial charge in [0, 0.05) is 15.9 Å². The van der Waals surface area contributed by atoms with E-state index in [0.717, 1.165) is 28.7 Å².